The third-order valence-electron chi connectivity index (χ3n) is 4.38. The van der Waals surface area contributed by atoms with Gasteiger partial charge in [-0.2, -0.15) is 0 Å². The Morgan fingerprint density at radius 3 is 2.44 bits per heavy atom. The highest BCUT2D eigenvalue weighted by Gasteiger charge is 2.23. The molecule has 1 fully saturated rings. The van der Waals surface area contributed by atoms with Crippen LogP contribution in [0.2, 0.25) is 0 Å². The fraction of sp³-hybridized carbons (Fsp3) is 0.333. The molecular weight excluding hydrogens is 375 g/mol. The smallest absolute Gasteiger partial charge is 0.262 e. The van der Waals surface area contributed by atoms with Gasteiger partial charge in [-0.3, -0.25) is 4.72 Å². The fourth-order valence-corrected chi connectivity index (χ4v) is 4.14. The van der Waals surface area contributed by atoms with Crippen LogP contribution in [0.3, 0.4) is 0 Å². The summed E-state index contributed by atoms with van der Waals surface area (Å²) in [5.74, 6) is 0.351. The summed E-state index contributed by atoms with van der Waals surface area (Å²) in [5, 5.41) is 0. The van der Waals surface area contributed by atoms with E-state index in [-0.39, 0.29) is 10.6 Å². The molecule has 2 aliphatic rings. The lowest BCUT2D eigenvalue weighted by Crippen LogP contribution is -2.36. The molecule has 0 bridgehead atoms. The van der Waals surface area contributed by atoms with Gasteiger partial charge in [-0.05, 0) is 24.3 Å². The molecule has 27 heavy (non-hydrogen) atoms. The molecule has 9 heteroatoms. The third kappa shape index (κ3) is 3.79. The first-order valence-corrected chi connectivity index (χ1v) is 10.1. The largest absolute Gasteiger partial charge is 0.486 e. The molecule has 0 amide bonds. The SMILES string of the molecule is O=S(=O)(Nc1cc(F)ccc1N1CCOCC1)c1ccc2c(c1)OCCO2. The molecule has 0 spiro atoms. The molecule has 0 radical (unpaired) electrons. The van der Waals surface area contributed by atoms with Crippen LogP contribution in [0.1, 0.15) is 0 Å². The quantitative estimate of drug-likeness (QED) is 0.857. The van der Waals surface area contributed by atoms with E-state index in [1.807, 2.05) is 4.90 Å². The number of ether oxygens (including phenoxy) is 3. The number of hydrogen-bond donors (Lipinski definition) is 1. The average molecular weight is 394 g/mol. The number of nitrogens with one attached hydrogen (secondary N) is 1. The van der Waals surface area contributed by atoms with Gasteiger partial charge in [0.05, 0.1) is 29.5 Å². The van der Waals surface area contributed by atoms with Crippen molar-refractivity contribution >= 4 is 21.4 Å². The molecule has 144 valence electrons. The molecule has 2 heterocycles. The van der Waals surface area contributed by atoms with Crippen molar-refractivity contribution in [2.24, 2.45) is 0 Å². The molecule has 7 nitrogen and oxygen atoms in total. The number of halogens is 1. The van der Waals surface area contributed by atoms with Crippen molar-refractivity contribution in [3.63, 3.8) is 0 Å². The summed E-state index contributed by atoms with van der Waals surface area (Å²) in [6.45, 7) is 3.05. The lowest BCUT2D eigenvalue weighted by atomic mass is 10.2. The Labute approximate surface area is 156 Å². The molecule has 1 N–H and O–H groups in total. The van der Waals surface area contributed by atoms with Crippen LogP contribution in [0.5, 0.6) is 11.5 Å². The minimum Gasteiger partial charge on any atom is -0.486 e. The highest BCUT2D eigenvalue weighted by Crippen LogP contribution is 2.34. The van der Waals surface area contributed by atoms with Gasteiger partial charge in [0.1, 0.15) is 19.0 Å². The first-order valence-electron chi connectivity index (χ1n) is 8.58. The number of fused-ring (bicyclic) bond motifs is 1. The van der Waals surface area contributed by atoms with E-state index in [0.29, 0.717) is 56.7 Å². The Hall–Kier alpha value is -2.52. The molecule has 2 aromatic carbocycles. The molecule has 1 saturated heterocycles. The van der Waals surface area contributed by atoms with E-state index in [9.17, 15) is 12.8 Å². The second kappa shape index (κ2) is 7.24. The standard InChI is InChI=1S/C18H19FN2O5S/c19-13-1-3-16(21-5-7-24-8-6-21)15(11-13)20-27(22,23)14-2-4-17-18(12-14)26-10-9-25-17/h1-4,11-12,20H,5-10H2. The van der Waals surface area contributed by atoms with Gasteiger partial charge in [0.15, 0.2) is 11.5 Å². The molecule has 0 saturated carbocycles. The van der Waals surface area contributed by atoms with Crippen LogP contribution < -0.4 is 19.1 Å². The monoisotopic (exact) mass is 394 g/mol. The van der Waals surface area contributed by atoms with Crippen LogP contribution in [0.4, 0.5) is 15.8 Å². The maximum atomic E-state index is 13.8. The van der Waals surface area contributed by atoms with Crippen LogP contribution in [0.25, 0.3) is 0 Å². The normalized spacial score (nSPS) is 16.9. The van der Waals surface area contributed by atoms with Crippen LogP contribution in [-0.2, 0) is 14.8 Å². The zero-order chi connectivity index (χ0) is 18.9. The maximum Gasteiger partial charge on any atom is 0.262 e. The van der Waals surface area contributed by atoms with Gasteiger partial charge in [-0.25, -0.2) is 12.8 Å². The van der Waals surface area contributed by atoms with Crippen LogP contribution >= 0.6 is 0 Å². The van der Waals surface area contributed by atoms with Crippen molar-refractivity contribution in [1.29, 1.82) is 0 Å². The van der Waals surface area contributed by atoms with Crippen LogP contribution in [0.15, 0.2) is 41.3 Å². The van der Waals surface area contributed by atoms with E-state index in [2.05, 4.69) is 4.72 Å². The second-order valence-corrected chi connectivity index (χ2v) is 7.85. The zero-order valence-corrected chi connectivity index (χ0v) is 15.3. The lowest BCUT2D eigenvalue weighted by molar-refractivity contribution is 0.123. The Bertz CT molecular complexity index is 945. The number of anilines is 2. The Morgan fingerprint density at radius 2 is 1.67 bits per heavy atom. The summed E-state index contributed by atoms with van der Waals surface area (Å²) in [4.78, 5) is 1.98. The van der Waals surface area contributed by atoms with E-state index >= 15 is 0 Å². The number of morpholine rings is 1. The predicted molar refractivity (Wildman–Crippen MR) is 97.7 cm³/mol. The number of sulfonamides is 1. The van der Waals surface area contributed by atoms with Crippen molar-refractivity contribution < 1.29 is 27.0 Å². The van der Waals surface area contributed by atoms with Gasteiger partial charge in [-0.1, -0.05) is 0 Å². The van der Waals surface area contributed by atoms with Gasteiger partial charge >= 0.3 is 0 Å². The van der Waals surface area contributed by atoms with Crippen molar-refractivity contribution in [2.75, 3.05) is 49.1 Å². The van der Waals surface area contributed by atoms with Crippen molar-refractivity contribution in [3.05, 3.63) is 42.2 Å². The minimum absolute atomic E-state index is 0.0175. The summed E-state index contributed by atoms with van der Waals surface area (Å²) in [6, 6.07) is 8.46. The molecule has 0 unspecified atom stereocenters. The zero-order valence-electron chi connectivity index (χ0n) is 14.5. The van der Waals surface area contributed by atoms with Gasteiger partial charge < -0.3 is 19.1 Å². The molecular formula is C18H19FN2O5S. The first kappa shape index (κ1) is 17.9. The van der Waals surface area contributed by atoms with Gasteiger partial charge in [-0.15, -0.1) is 0 Å². The van der Waals surface area contributed by atoms with Gasteiger partial charge in [0.2, 0.25) is 0 Å². The average Bonchev–Trinajstić information content (AvgIpc) is 2.68. The summed E-state index contributed by atoms with van der Waals surface area (Å²) in [7, 11) is -3.93. The molecule has 2 aliphatic heterocycles. The van der Waals surface area contributed by atoms with E-state index in [1.165, 1.54) is 24.3 Å². The molecule has 0 atom stereocenters. The Balaban J connectivity index is 1.65. The highest BCUT2D eigenvalue weighted by molar-refractivity contribution is 7.92. The van der Waals surface area contributed by atoms with Crippen LogP contribution in [-0.4, -0.2) is 47.9 Å². The molecule has 4 rings (SSSR count). The van der Waals surface area contributed by atoms with E-state index in [1.54, 1.807) is 12.1 Å². The van der Waals surface area contributed by atoms with Gasteiger partial charge in [0, 0.05) is 25.2 Å². The third-order valence-corrected chi connectivity index (χ3v) is 5.74. The summed E-state index contributed by atoms with van der Waals surface area (Å²) in [6.07, 6.45) is 0. The second-order valence-electron chi connectivity index (χ2n) is 6.17. The number of rotatable bonds is 4. The summed E-state index contributed by atoms with van der Waals surface area (Å²) < 4.78 is 58.2. The minimum atomic E-state index is -3.93. The number of nitrogens with zero attached hydrogens (tertiary/aromatic N) is 1. The lowest BCUT2D eigenvalue weighted by Gasteiger charge is -2.30. The van der Waals surface area contributed by atoms with Crippen LogP contribution in [0, 0.1) is 5.82 Å². The van der Waals surface area contributed by atoms with Gasteiger partial charge in [0.25, 0.3) is 10.0 Å². The predicted octanol–water partition coefficient (Wildman–Crippen LogP) is 2.23. The highest BCUT2D eigenvalue weighted by atomic mass is 32.2. The molecule has 2 aromatic rings. The topological polar surface area (TPSA) is 77.1 Å². The molecule has 0 aliphatic carbocycles. The first-order chi connectivity index (χ1) is 13.0. The van der Waals surface area contributed by atoms with Crippen molar-refractivity contribution in [3.8, 4) is 11.5 Å². The number of benzene rings is 2. The van der Waals surface area contributed by atoms with Crippen molar-refractivity contribution in [2.45, 2.75) is 4.90 Å². The van der Waals surface area contributed by atoms with E-state index in [0.717, 1.165) is 0 Å². The van der Waals surface area contributed by atoms with Crippen molar-refractivity contribution in [1.82, 2.24) is 0 Å². The van der Waals surface area contributed by atoms with E-state index < -0.39 is 15.8 Å². The van der Waals surface area contributed by atoms with E-state index in [4.69, 9.17) is 14.2 Å². The maximum absolute atomic E-state index is 13.8. The summed E-state index contributed by atoms with van der Waals surface area (Å²) in [5.41, 5.74) is 0.799. The Kier molecular flexibility index (Phi) is 4.79. The Morgan fingerprint density at radius 1 is 0.926 bits per heavy atom. The fourth-order valence-electron chi connectivity index (χ4n) is 3.06. The number of hydrogen-bond acceptors (Lipinski definition) is 6. The molecule has 0 aromatic heterocycles. The summed E-state index contributed by atoms with van der Waals surface area (Å²) >= 11 is 0.